The van der Waals surface area contributed by atoms with Gasteiger partial charge in [-0.3, -0.25) is 0 Å². The number of hydrogen-bond donors (Lipinski definition) is 1. The molecule has 2 heterocycles. The summed E-state index contributed by atoms with van der Waals surface area (Å²) < 4.78 is 0. The summed E-state index contributed by atoms with van der Waals surface area (Å²) in [5, 5.41) is 13.3. The van der Waals surface area contributed by atoms with E-state index in [2.05, 4.69) is 9.97 Å². The van der Waals surface area contributed by atoms with Crippen LogP contribution in [0.15, 0.2) is 48.1 Å². The third-order valence-corrected chi connectivity index (χ3v) is 3.74. The normalized spacial score (nSPS) is 12.7. The Hall–Kier alpha value is -1.78. The van der Waals surface area contributed by atoms with Gasteiger partial charge in [0.05, 0.1) is 11.8 Å². The van der Waals surface area contributed by atoms with Gasteiger partial charge in [0.25, 0.3) is 0 Å². The Labute approximate surface area is 109 Å². The number of rotatable bonds is 3. The van der Waals surface area contributed by atoms with E-state index in [4.69, 9.17) is 0 Å². The van der Waals surface area contributed by atoms with Gasteiger partial charge >= 0.3 is 0 Å². The van der Waals surface area contributed by atoms with Crippen molar-refractivity contribution in [1.29, 1.82) is 0 Å². The Balaban J connectivity index is 1.91. The lowest BCUT2D eigenvalue weighted by Gasteiger charge is -2.10. The third-order valence-electron chi connectivity index (χ3n) is 2.92. The quantitative estimate of drug-likeness (QED) is 0.783. The van der Waals surface area contributed by atoms with Crippen LogP contribution < -0.4 is 0 Å². The van der Waals surface area contributed by atoms with E-state index in [1.807, 2.05) is 41.8 Å². The number of aromatic nitrogens is 2. The average molecular weight is 256 g/mol. The first-order chi connectivity index (χ1) is 8.84. The zero-order valence-electron chi connectivity index (χ0n) is 9.65. The van der Waals surface area contributed by atoms with Crippen LogP contribution in [-0.2, 0) is 6.42 Å². The summed E-state index contributed by atoms with van der Waals surface area (Å²) in [4.78, 5) is 9.46. The fourth-order valence-electron chi connectivity index (χ4n) is 1.98. The summed E-state index contributed by atoms with van der Waals surface area (Å²) in [6.07, 6.45) is 1.55. The second-order valence-corrected chi connectivity index (χ2v) is 4.98. The molecule has 0 radical (unpaired) electrons. The van der Waals surface area contributed by atoms with Crippen molar-refractivity contribution in [1.82, 2.24) is 9.97 Å². The minimum absolute atomic E-state index is 0.514. The van der Waals surface area contributed by atoms with Crippen LogP contribution in [0.3, 0.4) is 0 Å². The van der Waals surface area contributed by atoms with E-state index < -0.39 is 6.10 Å². The van der Waals surface area contributed by atoms with Gasteiger partial charge in [0.2, 0.25) is 0 Å². The van der Waals surface area contributed by atoms with Gasteiger partial charge in [-0.1, -0.05) is 30.3 Å². The van der Waals surface area contributed by atoms with Crippen LogP contribution in [0.25, 0.3) is 10.2 Å². The predicted molar refractivity (Wildman–Crippen MR) is 72.5 cm³/mol. The molecular formula is C14H12N2OS. The molecule has 3 nitrogen and oxygen atoms in total. The molecule has 0 aliphatic rings. The maximum absolute atomic E-state index is 10.2. The van der Waals surface area contributed by atoms with E-state index in [1.54, 1.807) is 17.7 Å². The van der Waals surface area contributed by atoms with Gasteiger partial charge in [0, 0.05) is 11.8 Å². The minimum atomic E-state index is -0.524. The predicted octanol–water partition coefficient (Wildman–Crippen LogP) is 2.97. The number of thiophene rings is 1. The van der Waals surface area contributed by atoms with E-state index >= 15 is 0 Å². The lowest BCUT2D eigenvalue weighted by molar-refractivity contribution is 0.177. The van der Waals surface area contributed by atoms with Gasteiger partial charge in [-0.15, -0.1) is 11.3 Å². The third kappa shape index (κ3) is 2.12. The van der Waals surface area contributed by atoms with Gasteiger partial charge in [0.1, 0.15) is 11.2 Å². The van der Waals surface area contributed by atoms with Crippen LogP contribution in [0.5, 0.6) is 0 Å². The fraction of sp³-hybridized carbons (Fsp3) is 0.143. The minimum Gasteiger partial charge on any atom is -0.388 e. The molecule has 0 aliphatic heterocycles. The molecule has 4 heteroatoms. The van der Waals surface area contributed by atoms with Gasteiger partial charge in [-0.25, -0.2) is 9.97 Å². The van der Waals surface area contributed by atoms with Crippen molar-refractivity contribution in [3.63, 3.8) is 0 Å². The van der Waals surface area contributed by atoms with Gasteiger partial charge in [0.15, 0.2) is 0 Å². The summed E-state index contributed by atoms with van der Waals surface area (Å²) in [7, 11) is 0. The van der Waals surface area contributed by atoms with E-state index in [1.165, 1.54) is 0 Å². The van der Waals surface area contributed by atoms with E-state index in [9.17, 15) is 5.11 Å². The molecule has 0 fully saturated rings. The van der Waals surface area contributed by atoms with Crippen LogP contribution in [-0.4, -0.2) is 15.1 Å². The molecule has 2 aromatic heterocycles. The molecule has 0 aliphatic carbocycles. The number of aliphatic hydroxyl groups is 1. The van der Waals surface area contributed by atoms with Gasteiger partial charge < -0.3 is 5.11 Å². The molecule has 1 N–H and O–H groups in total. The van der Waals surface area contributed by atoms with Crippen molar-refractivity contribution in [2.24, 2.45) is 0 Å². The molecule has 3 rings (SSSR count). The number of benzene rings is 1. The topological polar surface area (TPSA) is 46.0 Å². The Morgan fingerprint density at radius 3 is 2.78 bits per heavy atom. The molecule has 1 aromatic carbocycles. The summed E-state index contributed by atoms with van der Waals surface area (Å²) in [6, 6.07) is 11.7. The Kier molecular flexibility index (Phi) is 3.04. The highest BCUT2D eigenvalue weighted by atomic mass is 32.1. The van der Waals surface area contributed by atoms with E-state index in [-0.39, 0.29) is 0 Å². The molecule has 0 saturated heterocycles. The first-order valence-corrected chi connectivity index (χ1v) is 6.62. The lowest BCUT2D eigenvalue weighted by atomic mass is 10.0. The zero-order valence-corrected chi connectivity index (χ0v) is 10.5. The van der Waals surface area contributed by atoms with Crippen LogP contribution in [0.4, 0.5) is 0 Å². The molecule has 18 heavy (non-hydrogen) atoms. The second kappa shape index (κ2) is 4.84. The maximum atomic E-state index is 10.2. The Morgan fingerprint density at radius 1 is 1.11 bits per heavy atom. The summed E-state index contributed by atoms with van der Waals surface area (Å²) in [5.74, 6) is 0. The van der Waals surface area contributed by atoms with Crippen molar-refractivity contribution in [3.8, 4) is 0 Å². The molecule has 0 saturated carbocycles. The fourth-order valence-corrected chi connectivity index (χ4v) is 2.73. The highest BCUT2D eigenvalue weighted by Gasteiger charge is 2.12. The highest BCUT2D eigenvalue weighted by Crippen LogP contribution is 2.24. The molecule has 90 valence electrons. The van der Waals surface area contributed by atoms with Gasteiger partial charge in [-0.05, 0) is 17.0 Å². The smallest absolute Gasteiger partial charge is 0.126 e. The Morgan fingerprint density at radius 2 is 1.94 bits per heavy atom. The monoisotopic (exact) mass is 256 g/mol. The summed E-state index contributed by atoms with van der Waals surface area (Å²) in [5.41, 5.74) is 1.82. The first-order valence-electron chi connectivity index (χ1n) is 5.74. The molecule has 3 aromatic rings. The number of aliphatic hydroxyl groups excluding tert-OH is 1. The molecular weight excluding hydrogens is 244 g/mol. The summed E-state index contributed by atoms with van der Waals surface area (Å²) in [6.45, 7) is 0. The van der Waals surface area contributed by atoms with Gasteiger partial charge in [-0.2, -0.15) is 0 Å². The molecule has 1 atom stereocenters. The number of hydrogen-bond acceptors (Lipinski definition) is 4. The van der Waals surface area contributed by atoms with E-state index in [0.717, 1.165) is 21.5 Å². The molecule has 0 bridgehead atoms. The number of nitrogens with zero attached hydrogens (tertiary/aromatic N) is 2. The molecule has 0 spiro atoms. The lowest BCUT2D eigenvalue weighted by Crippen LogP contribution is -2.03. The van der Waals surface area contributed by atoms with Crippen molar-refractivity contribution in [2.75, 3.05) is 0 Å². The highest BCUT2D eigenvalue weighted by molar-refractivity contribution is 7.16. The standard InChI is InChI=1S/C14H12N2OS/c17-13(10-4-2-1-3-5-10)8-12-11-6-7-18-14(11)16-9-15-12/h1-7,9,13,17H,8H2. The van der Waals surface area contributed by atoms with Crippen molar-refractivity contribution in [3.05, 3.63) is 59.4 Å². The largest absolute Gasteiger partial charge is 0.388 e. The van der Waals surface area contributed by atoms with E-state index in [0.29, 0.717) is 6.42 Å². The van der Waals surface area contributed by atoms with Crippen LogP contribution in [0.1, 0.15) is 17.4 Å². The Bertz CT molecular complexity index is 651. The van der Waals surface area contributed by atoms with Crippen molar-refractivity contribution in [2.45, 2.75) is 12.5 Å². The SMILES string of the molecule is OC(Cc1ncnc2sccc12)c1ccccc1. The van der Waals surface area contributed by atoms with Crippen LogP contribution in [0.2, 0.25) is 0 Å². The maximum Gasteiger partial charge on any atom is 0.126 e. The number of fused-ring (bicyclic) bond motifs is 1. The molecule has 0 amide bonds. The van der Waals surface area contributed by atoms with Crippen molar-refractivity contribution >= 4 is 21.6 Å². The summed E-state index contributed by atoms with van der Waals surface area (Å²) >= 11 is 1.59. The van der Waals surface area contributed by atoms with Crippen LogP contribution in [0, 0.1) is 0 Å². The average Bonchev–Trinajstić information content (AvgIpc) is 2.89. The van der Waals surface area contributed by atoms with Crippen LogP contribution >= 0.6 is 11.3 Å². The second-order valence-electron chi connectivity index (χ2n) is 4.09. The zero-order chi connectivity index (χ0) is 12.4. The van der Waals surface area contributed by atoms with Crippen molar-refractivity contribution < 1.29 is 5.11 Å². The molecule has 1 unspecified atom stereocenters. The first kappa shape index (κ1) is 11.3.